The van der Waals surface area contributed by atoms with E-state index in [1.54, 1.807) is 0 Å². The van der Waals surface area contributed by atoms with Crippen LogP contribution in [-0.4, -0.2) is 193 Å². The van der Waals surface area contributed by atoms with Crippen molar-refractivity contribution < 1.29 is 89.4 Å². The van der Waals surface area contributed by atoms with Gasteiger partial charge in [-0.05, 0) is 64.2 Å². The Labute approximate surface area is 464 Å². The molecule has 3 fully saturated rings. The molecule has 3 saturated heterocycles. The molecule has 17 unspecified atom stereocenters. The largest absolute Gasteiger partial charge is 0.394 e. The van der Waals surface area contributed by atoms with Crippen LogP contribution in [0.3, 0.4) is 0 Å². The lowest BCUT2D eigenvalue weighted by atomic mass is 9.96. The Bertz CT molecular complexity index is 1710. The fourth-order valence-corrected chi connectivity index (χ4v) is 9.49. The quantitative estimate of drug-likeness (QED) is 0.0293. The van der Waals surface area contributed by atoms with Crippen LogP contribution < -0.4 is 5.32 Å². The molecule has 0 radical (unpaired) electrons. The first-order valence-electron chi connectivity index (χ1n) is 29.2. The van der Waals surface area contributed by atoms with Crippen molar-refractivity contribution in [3.05, 3.63) is 72.9 Å². The predicted molar refractivity (Wildman–Crippen MR) is 295 cm³/mol. The predicted octanol–water partition coefficient (Wildman–Crippen LogP) is 4.65. The number of aliphatic hydroxyl groups excluding tert-OH is 11. The van der Waals surface area contributed by atoms with E-state index in [1.807, 2.05) is 0 Å². The van der Waals surface area contributed by atoms with Crippen molar-refractivity contribution in [3.63, 3.8) is 0 Å². The van der Waals surface area contributed by atoms with Crippen molar-refractivity contribution in [1.82, 2.24) is 5.32 Å². The van der Waals surface area contributed by atoms with E-state index in [-0.39, 0.29) is 18.9 Å². The minimum absolute atomic E-state index is 0.251. The van der Waals surface area contributed by atoms with E-state index in [1.165, 1.54) is 19.3 Å². The molecule has 0 aromatic rings. The van der Waals surface area contributed by atoms with Gasteiger partial charge in [-0.2, -0.15) is 0 Å². The van der Waals surface area contributed by atoms with E-state index < -0.39 is 124 Å². The molecule has 3 rings (SSSR count). The molecule has 450 valence electrons. The van der Waals surface area contributed by atoms with Crippen LogP contribution >= 0.6 is 0 Å². The molecule has 0 spiro atoms. The van der Waals surface area contributed by atoms with Crippen LogP contribution in [0.4, 0.5) is 0 Å². The molecule has 0 bridgehead atoms. The van der Waals surface area contributed by atoms with E-state index in [2.05, 4.69) is 92.1 Å². The number of hydrogen-bond acceptors (Lipinski definition) is 18. The van der Waals surface area contributed by atoms with Crippen LogP contribution in [0.5, 0.6) is 0 Å². The molecule has 3 aliphatic rings. The lowest BCUT2D eigenvalue weighted by Gasteiger charge is -2.48. The highest BCUT2D eigenvalue weighted by Crippen LogP contribution is 2.33. The Kier molecular flexibility index (Phi) is 37.5. The van der Waals surface area contributed by atoms with Crippen LogP contribution in [0.25, 0.3) is 0 Å². The van der Waals surface area contributed by atoms with E-state index in [0.717, 1.165) is 103 Å². The topological polar surface area (TPSA) is 307 Å². The maximum atomic E-state index is 13.2. The Morgan fingerprint density at radius 2 is 0.885 bits per heavy atom. The number of aliphatic hydroxyl groups is 11. The molecule has 78 heavy (non-hydrogen) atoms. The van der Waals surface area contributed by atoms with Crippen LogP contribution in [0.15, 0.2) is 72.9 Å². The van der Waals surface area contributed by atoms with Gasteiger partial charge in [0.15, 0.2) is 18.9 Å². The SMILES string of the molecule is CC/C=C\C/C=C\C/C=C\C/C=C\C/C=C\C/C=C\CCCCCCCCCCC(=O)NC(COC1OC(CO)C(OC2OC(CO)C(OC3OC(CO)C(O)C(O)C3O)C(O)C2O)C(O)C1O)C(O)CCCCCCCC. The lowest BCUT2D eigenvalue weighted by molar-refractivity contribution is -0.379. The van der Waals surface area contributed by atoms with Gasteiger partial charge in [0.2, 0.25) is 5.91 Å². The second kappa shape index (κ2) is 42.1. The molecule has 0 aromatic carbocycles. The molecule has 3 aliphatic heterocycles. The van der Waals surface area contributed by atoms with Crippen LogP contribution in [0.2, 0.25) is 0 Å². The highest BCUT2D eigenvalue weighted by atomic mass is 16.8. The fourth-order valence-electron chi connectivity index (χ4n) is 9.49. The Balaban J connectivity index is 1.39. The lowest BCUT2D eigenvalue weighted by Crippen LogP contribution is -2.66. The highest BCUT2D eigenvalue weighted by molar-refractivity contribution is 5.76. The van der Waals surface area contributed by atoms with Crippen LogP contribution in [-0.2, 0) is 33.2 Å². The number of carbonyl (C=O) groups excluding carboxylic acids is 1. The van der Waals surface area contributed by atoms with Gasteiger partial charge in [-0.1, -0.05) is 164 Å². The monoisotopic (exact) mass is 1110 g/mol. The fraction of sp³-hybridized carbons (Fsp3) is 0.780. The third-order valence-corrected chi connectivity index (χ3v) is 14.3. The van der Waals surface area contributed by atoms with Gasteiger partial charge in [0.25, 0.3) is 0 Å². The number of carbonyl (C=O) groups is 1. The molecule has 1 amide bonds. The summed E-state index contributed by atoms with van der Waals surface area (Å²) >= 11 is 0. The van der Waals surface area contributed by atoms with Crippen molar-refractivity contribution in [2.45, 2.75) is 266 Å². The number of allylic oxidation sites excluding steroid dienone is 12. The van der Waals surface area contributed by atoms with Gasteiger partial charge in [0.05, 0.1) is 38.6 Å². The van der Waals surface area contributed by atoms with E-state index >= 15 is 0 Å². The average Bonchev–Trinajstić information content (AvgIpc) is 3.45. The van der Waals surface area contributed by atoms with Crippen molar-refractivity contribution in [1.29, 1.82) is 0 Å². The van der Waals surface area contributed by atoms with Gasteiger partial charge in [-0.15, -0.1) is 0 Å². The van der Waals surface area contributed by atoms with Crippen molar-refractivity contribution in [2.75, 3.05) is 26.4 Å². The number of rotatable bonds is 41. The molecule has 19 nitrogen and oxygen atoms in total. The number of ether oxygens (including phenoxy) is 6. The molecular weight excluding hydrogens is 1010 g/mol. The zero-order chi connectivity index (χ0) is 56.9. The van der Waals surface area contributed by atoms with Crippen LogP contribution in [0.1, 0.15) is 162 Å². The van der Waals surface area contributed by atoms with Gasteiger partial charge in [-0.3, -0.25) is 4.79 Å². The summed E-state index contributed by atoms with van der Waals surface area (Å²) in [5, 5.41) is 120. The summed E-state index contributed by atoms with van der Waals surface area (Å²) in [6.45, 7) is 1.55. The molecule has 3 heterocycles. The standard InChI is InChI=1S/C59H101NO18/c1-3-5-7-9-11-12-13-14-15-16-17-18-19-20-21-22-23-24-25-26-27-28-29-30-31-33-35-37-47(65)60-42(43(64)36-34-32-10-8-6-4-2)41-73-57-53(71)50(68)55(45(39-62)75-57)78-59-54(72)51(69)56(46(40-63)76-59)77-58-52(70)49(67)48(66)44(38-61)74-58/h5,7,11-12,14-15,17-18,20-21,23-24,42-46,48-59,61-64,66-72H,3-4,6,8-10,13,16,19,22,25-41H2,1-2H3,(H,60,65)/b7-5-,12-11-,15-14-,18-17-,21-20-,24-23-. The van der Waals surface area contributed by atoms with E-state index in [4.69, 9.17) is 28.4 Å². The summed E-state index contributed by atoms with van der Waals surface area (Å²) in [6, 6.07) is -0.892. The van der Waals surface area contributed by atoms with E-state index in [9.17, 15) is 61.0 Å². The summed E-state index contributed by atoms with van der Waals surface area (Å²) in [5.41, 5.74) is 0. The summed E-state index contributed by atoms with van der Waals surface area (Å²) in [5.74, 6) is -0.262. The second-order valence-corrected chi connectivity index (χ2v) is 20.7. The second-order valence-electron chi connectivity index (χ2n) is 20.7. The van der Waals surface area contributed by atoms with Gasteiger partial charge in [-0.25, -0.2) is 0 Å². The van der Waals surface area contributed by atoms with Gasteiger partial charge in [0, 0.05) is 6.42 Å². The molecule has 17 atom stereocenters. The minimum atomic E-state index is -1.97. The molecule has 12 N–H and O–H groups in total. The van der Waals surface area contributed by atoms with E-state index in [0.29, 0.717) is 19.3 Å². The Morgan fingerprint density at radius 1 is 0.474 bits per heavy atom. The highest BCUT2D eigenvalue weighted by Gasteiger charge is 2.53. The zero-order valence-electron chi connectivity index (χ0n) is 46.6. The summed E-state index contributed by atoms with van der Waals surface area (Å²) in [4.78, 5) is 13.2. The summed E-state index contributed by atoms with van der Waals surface area (Å²) in [6.07, 6.45) is 21.9. The molecular formula is C59H101NO18. The maximum absolute atomic E-state index is 13.2. The Hall–Kier alpha value is -2.77. The molecule has 0 saturated carbocycles. The number of nitrogens with one attached hydrogen (secondary N) is 1. The molecule has 0 aliphatic carbocycles. The first-order chi connectivity index (χ1) is 37.8. The van der Waals surface area contributed by atoms with Crippen LogP contribution in [0, 0.1) is 0 Å². The van der Waals surface area contributed by atoms with Crippen molar-refractivity contribution in [3.8, 4) is 0 Å². The number of unbranched alkanes of at least 4 members (excludes halogenated alkanes) is 13. The zero-order valence-corrected chi connectivity index (χ0v) is 46.6. The summed E-state index contributed by atoms with van der Waals surface area (Å²) < 4.78 is 34.1. The van der Waals surface area contributed by atoms with Gasteiger partial charge in [0.1, 0.15) is 73.2 Å². The van der Waals surface area contributed by atoms with Gasteiger partial charge >= 0.3 is 0 Å². The van der Waals surface area contributed by atoms with Crippen molar-refractivity contribution >= 4 is 5.91 Å². The first kappa shape index (κ1) is 69.5. The smallest absolute Gasteiger partial charge is 0.220 e. The normalized spacial score (nSPS) is 31.0. The van der Waals surface area contributed by atoms with Gasteiger partial charge < -0.3 is 89.9 Å². The molecule has 0 aromatic heterocycles. The first-order valence-corrected chi connectivity index (χ1v) is 29.2. The third-order valence-electron chi connectivity index (χ3n) is 14.3. The minimum Gasteiger partial charge on any atom is -0.394 e. The van der Waals surface area contributed by atoms with Crippen molar-refractivity contribution in [2.24, 2.45) is 0 Å². The molecule has 19 heteroatoms. The summed E-state index contributed by atoms with van der Waals surface area (Å²) in [7, 11) is 0. The Morgan fingerprint density at radius 3 is 1.38 bits per heavy atom. The number of amides is 1. The average molecular weight is 1110 g/mol. The number of hydrogen-bond donors (Lipinski definition) is 12. The third kappa shape index (κ3) is 26.0. The maximum Gasteiger partial charge on any atom is 0.220 e.